The van der Waals surface area contributed by atoms with E-state index in [9.17, 15) is 9.59 Å². The van der Waals surface area contributed by atoms with E-state index >= 15 is 0 Å². The largest absolute Gasteiger partial charge is 0.480 e. The van der Waals surface area contributed by atoms with E-state index in [-0.39, 0.29) is 0 Å². The Balaban J connectivity index is 3.99. The van der Waals surface area contributed by atoms with Crippen LogP contribution >= 0.6 is 23.5 Å². The molecule has 2 unspecified atom stereocenters. The molecule has 0 amide bonds. The molecule has 0 bridgehead atoms. The summed E-state index contributed by atoms with van der Waals surface area (Å²) in [5, 5.41) is 16.0. The zero-order valence-corrected chi connectivity index (χ0v) is 9.52. The fourth-order valence-corrected chi connectivity index (χ4v) is 2.60. The molecule has 4 nitrogen and oxygen atoms in total. The molecule has 2 N–H and O–H groups in total. The number of hydrogen-bond acceptors (Lipinski definition) is 4. The first kappa shape index (κ1) is 13.4. The van der Waals surface area contributed by atoms with Crippen LogP contribution in [0.2, 0.25) is 0 Å². The van der Waals surface area contributed by atoms with Gasteiger partial charge in [-0.15, -0.1) is 23.5 Å². The second-order valence-electron chi connectivity index (χ2n) is 2.57. The molecule has 0 fully saturated rings. The molecule has 0 saturated heterocycles. The van der Waals surface area contributed by atoms with Crippen molar-refractivity contribution in [1.82, 2.24) is 0 Å². The fourth-order valence-electron chi connectivity index (χ4n) is 0.523. The maximum absolute atomic E-state index is 10.5. The van der Waals surface area contributed by atoms with Crippen molar-refractivity contribution in [3.8, 4) is 0 Å². The third-order valence-corrected chi connectivity index (χ3v) is 3.53. The van der Waals surface area contributed by atoms with Crippen molar-refractivity contribution in [1.29, 1.82) is 0 Å². The van der Waals surface area contributed by atoms with Gasteiger partial charge in [0.2, 0.25) is 0 Å². The second-order valence-corrected chi connectivity index (χ2v) is 5.70. The van der Waals surface area contributed by atoms with E-state index in [1.54, 1.807) is 0 Å². The van der Waals surface area contributed by atoms with Crippen molar-refractivity contribution in [2.24, 2.45) is 0 Å². The van der Waals surface area contributed by atoms with Crippen LogP contribution in [0.15, 0.2) is 10.8 Å². The first-order valence-corrected chi connectivity index (χ1v) is 5.58. The third kappa shape index (κ3) is 5.18. The molecular weight excluding hydrogens is 224 g/mol. The predicted octanol–water partition coefficient (Wildman–Crippen LogP) is 1.87. The smallest absolute Gasteiger partial charge is 0.316 e. The van der Waals surface area contributed by atoms with Crippen molar-refractivity contribution >= 4 is 35.5 Å². The molecule has 0 spiro atoms. The Kier molecular flexibility index (Phi) is 5.71. The first-order chi connectivity index (χ1) is 6.34. The number of rotatable bonds is 6. The molecule has 0 heterocycles. The van der Waals surface area contributed by atoms with Crippen molar-refractivity contribution in [2.75, 3.05) is 0 Å². The fraction of sp³-hybridized carbons (Fsp3) is 0.500. The number of carboxylic acids is 2. The van der Waals surface area contributed by atoms with Gasteiger partial charge in [-0.3, -0.25) is 9.59 Å². The Morgan fingerprint density at radius 1 is 1.07 bits per heavy atom. The molecule has 0 aromatic heterocycles. The minimum absolute atomic E-state index is 0.509. The van der Waals surface area contributed by atoms with E-state index in [1.807, 2.05) is 0 Å². The third-order valence-electron chi connectivity index (χ3n) is 1.31. The zero-order chi connectivity index (χ0) is 11.3. The molecule has 0 aromatic carbocycles. The van der Waals surface area contributed by atoms with Gasteiger partial charge in [-0.2, -0.15) is 0 Å². The standard InChI is InChI=1S/C8H12O4S2/c1-4(7(9)10)13-6(3)14-5(2)8(11)12/h4-5H,3H2,1-2H3,(H,9,10)(H,11,12). The Morgan fingerprint density at radius 3 is 1.57 bits per heavy atom. The van der Waals surface area contributed by atoms with Gasteiger partial charge in [0.15, 0.2) is 0 Å². The van der Waals surface area contributed by atoms with Gasteiger partial charge in [0.1, 0.15) is 10.5 Å². The number of hydrogen-bond donors (Lipinski definition) is 2. The number of thioether (sulfide) groups is 2. The molecule has 0 aromatic rings. The average Bonchev–Trinajstić information content (AvgIpc) is 2.03. The highest BCUT2D eigenvalue weighted by Crippen LogP contribution is 2.33. The summed E-state index contributed by atoms with van der Waals surface area (Å²) in [6, 6.07) is 0. The highest BCUT2D eigenvalue weighted by atomic mass is 32.2. The summed E-state index contributed by atoms with van der Waals surface area (Å²) < 4.78 is 0.509. The summed E-state index contributed by atoms with van der Waals surface area (Å²) in [7, 11) is 0. The molecule has 0 aliphatic carbocycles. The normalized spacial score (nSPS) is 14.4. The van der Waals surface area contributed by atoms with Crippen molar-refractivity contribution in [2.45, 2.75) is 24.3 Å². The Labute approximate surface area is 90.8 Å². The Bertz CT molecular complexity index is 228. The van der Waals surface area contributed by atoms with E-state index in [1.165, 1.54) is 13.8 Å². The Hall–Kier alpha value is -0.620. The van der Waals surface area contributed by atoms with Crippen LogP contribution in [0.1, 0.15) is 13.8 Å². The van der Waals surface area contributed by atoms with Crippen LogP contribution < -0.4 is 0 Å². The van der Waals surface area contributed by atoms with Gasteiger partial charge in [0.25, 0.3) is 0 Å². The maximum atomic E-state index is 10.5. The quantitative estimate of drug-likeness (QED) is 0.733. The van der Waals surface area contributed by atoms with Gasteiger partial charge < -0.3 is 10.2 Å². The lowest BCUT2D eigenvalue weighted by Crippen LogP contribution is -2.13. The van der Waals surface area contributed by atoms with Crippen LogP contribution in [0.4, 0.5) is 0 Å². The van der Waals surface area contributed by atoms with Crippen LogP contribution in [0.25, 0.3) is 0 Å². The van der Waals surface area contributed by atoms with Crippen LogP contribution in [-0.2, 0) is 9.59 Å². The molecule has 0 rings (SSSR count). The summed E-state index contributed by atoms with van der Waals surface area (Å²) in [5.41, 5.74) is 0. The molecule has 80 valence electrons. The van der Waals surface area contributed by atoms with Crippen LogP contribution in [0, 0.1) is 0 Å². The molecular formula is C8H12O4S2. The predicted molar refractivity (Wildman–Crippen MR) is 58.5 cm³/mol. The number of carbonyl (C=O) groups is 2. The van der Waals surface area contributed by atoms with E-state index < -0.39 is 22.4 Å². The highest BCUT2D eigenvalue weighted by Gasteiger charge is 2.17. The van der Waals surface area contributed by atoms with E-state index in [0.29, 0.717) is 4.24 Å². The molecule has 0 aliphatic heterocycles. The van der Waals surface area contributed by atoms with Gasteiger partial charge in [0, 0.05) is 4.24 Å². The maximum Gasteiger partial charge on any atom is 0.316 e. The summed E-state index contributed by atoms with van der Waals surface area (Å²) in [6.07, 6.45) is 0. The number of carboxylic acid groups (broad SMARTS) is 2. The van der Waals surface area contributed by atoms with Crippen molar-refractivity contribution in [3.63, 3.8) is 0 Å². The lowest BCUT2D eigenvalue weighted by molar-refractivity contribution is -0.137. The second kappa shape index (κ2) is 5.98. The molecule has 0 aliphatic rings. The van der Waals surface area contributed by atoms with Gasteiger partial charge in [-0.25, -0.2) is 0 Å². The highest BCUT2D eigenvalue weighted by molar-refractivity contribution is 8.23. The van der Waals surface area contributed by atoms with Gasteiger partial charge in [-0.1, -0.05) is 6.58 Å². The lowest BCUT2D eigenvalue weighted by atomic mass is 10.5. The van der Waals surface area contributed by atoms with E-state index in [0.717, 1.165) is 23.5 Å². The van der Waals surface area contributed by atoms with Gasteiger partial charge >= 0.3 is 11.9 Å². The SMILES string of the molecule is C=C(SC(C)C(=O)O)SC(C)C(=O)O. The molecule has 0 saturated carbocycles. The monoisotopic (exact) mass is 236 g/mol. The van der Waals surface area contributed by atoms with Crippen LogP contribution in [0.5, 0.6) is 0 Å². The van der Waals surface area contributed by atoms with Gasteiger partial charge in [0.05, 0.1) is 0 Å². The van der Waals surface area contributed by atoms with Crippen molar-refractivity contribution < 1.29 is 19.8 Å². The van der Waals surface area contributed by atoms with Gasteiger partial charge in [-0.05, 0) is 13.8 Å². The zero-order valence-electron chi connectivity index (χ0n) is 7.89. The number of aliphatic carboxylic acids is 2. The summed E-state index contributed by atoms with van der Waals surface area (Å²) in [6.45, 7) is 6.66. The summed E-state index contributed by atoms with van der Waals surface area (Å²) >= 11 is 2.12. The lowest BCUT2D eigenvalue weighted by Gasteiger charge is -2.10. The summed E-state index contributed by atoms with van der Waals surface area (Å²) in [4.78, 5) is 20.9. The summed E-state index contributed by atoms with van der Waals surface area (Å²) in [5.74, 6) is -1.86. The minimum atomic E-state index is -0.931. The molecule has 6 heteroatoms. The minimum Gasteiger partial charge on any atom is -0.480 e. The molecule has 0 radical (unpaired) electrons. The molecule has 2 atom stereocenters. The first-order valence-electron chi connectivity index (χ1n) is 3.82. The van der Waals surface area contributed by atoms with E-state index in [4.69, 9.17) is 10.2 Å². The van der Waals surface area contributed by atoms with Crippen LogP contribution in [0.3, 0.4) is 0 Å². The Morgan fingerprint density at radius 2 is 1.36 bits per heavy atom. The van der Waals surface area contributed by atoms with E-state index in [2.05, 4.69) is 6.58 Å². The topological polar surface area (TPSA) is 74.6 Å². The van der Waals surface area contributed by atoms with Crippen LogP contribution in [-0.4, -0.2) is 32.7 Å². The average molecular weight is 236 g/mol. The molecule has 14 heavy (non-hydrogen) atoms. The van der Waals surface area contributed by atoms with Crippen molar-refractivity contribution in [3.05, 3.63) is 10.8 Å².